The Bertz CT molecular complexity index is 311. The number of carboxylic acids is 1. The summed E-state index contributed by atoms with van der Waals surface area (Å²) < 4.78 is 0. The zero-order valence-corrected chi connectivity index (χ0v) is 11.2. The summed E-state index contributed by atoms with van der Waals surface area (Å²) in [5.74, 6) is -0.585. The molecular formula is C13H24N2O3. The first-order chi connectivity index (χ1) is 8.34. The van der Waals surface area contributed by atoms with E-state index in [1.54, 1.807) is 0 Å². The van der Waals surface area contributed by atoms with Gasteiger partial charge in [0.2, 0.25) is 5.91 Å². The molecule has 1 atom stereocenters. The predicted octanol–water partition coefficient (Wildman–Crippen LogP) is 1.12. The molecule has 5 heteroatoms. The van der Waals surface area contributed by atoms with Crippen molar-refractivity contribution in [3.8, 4) is 0 Å². The van der Waals surface area contributed by atoms with Gasteiger partial charge in [-0.3, -0.25) is 9.59 Å². The van der Waals surface area contributed by atoms with Crippen molar-refractivity contribution in [2.45, 2.75) is 52.0 Å². The van der Waals surface area contributed by atoms with Crippen LogP contribution >= 0.6 is 0 Å². The Morgan fingerprint density at radius 1 is 1.39 bits per heavy atom. The topological polar surface area (TPSA) is 92.4 Å². The largest absolute Gasteiger partial charge is 0.481 e. The maximum absolute atomic E-state index is 11.8. The highest BCUT2D eigenvalue weighted by molar-refractivity contribution is 5.81. The lowest BCUT2D eigenvalue weighted by atomic mass is 9.66. The first kappa shape index (κ1) is 15.0. The van der Waals surface area contributed by atoms with Crippen LogP contribution in [0.1, 0.15) is 46.0 Å². The minimum Gasteiger partial charge on any atom is -0.481 e. The molecule has 0 saturated heterocycles. The first-order valence-electron chi connectivity index (χ1n) is 6.60. The number of carbonyl (C=O) groups is 2. The predicted molar refractivity (Wildman–Crippen MR) is 69.0 cm³/mol. The van der Waals surface area contributed by atoms with Gasteiger partial charge in [-0.25, -0.2) is 0 Å². The van der Waals surface area contributed by atoms with Crippen LogP contribution in [0.4, 0.5) is 0 Å². The third kappa shape index (κ3) is 4.29. The molecule has 104 valence electrons. The van der Waals surface area contributed by atoms with Crippen LogP contribution in [-0.4, -0.2) is 29.6 Å². The van der Waals surface area contributed by atoms with E-state index in [1.807, 2.05) is 13.8 Å². The number of nitrogens with two attached hydrogens (primary N) is 1. The summed E-state index contributed by atoms with van der Waals surface area (Å²) in [6.07, 6.45) is 3.57. The second-order valence-electron chi connectivity index (χ2n) is 5.88. The van der Waals surface area contributed by atoms with Gasteiger partial charge in [-0.15, -0.1) is 0 Å². The zero-order chi connectivity index (χ0) is 13.8. The van der Waals surface area contributed by atoms with E-state index in [0.29, 0.717) is 18.9 Å². The van der Waals surface area contributed by atoms with Gasteiger partial charge in [0.1, 0.15) is 0 Å². The molecule has 4 N–H and O–H groups in total. The Hall–Kier alpha value is -1.10. The number of carbonyl (C=O) groups excluding carboxylic acids is 1. The fraction of sp³-hybridized carbons (Fsp3) is 0.846. The molecule has 1 aliphatic rings. The number of nitrogens with one attached hydrogen (secondary N) is 1. The number of rotatable bonds is 7. The molecular weight excluding hydrogens is 232 g/mol. The van der Waals surface area contributed by atoms with Gasteiger partial charge >= 0.3 is 5.97 Å². The van der Waals surface area contributed by atoms with E-state index in [4.69, 9.17) is 10.8 Å². The van der Waals surface area contributed by atoms with Gasteiger partial charge in [-0.05, 0) is 30.6 Å². The second kappa shape index (κ2) is 6.18. The summed E-state index contributed by atoms with van der Waals surface area (Å²) in [5, 5.41) is 11.7. The molecule has 0 bridgehead atoms. The van der Waals surface area contributed by atoms with Crippen LogP contribution < -0.4 is 11.1 Å². The number of aliphatic carboxylic acids is 1. The van der Waals surface area contributed by atoms with Gasteiger partial charge < -0.3 is 16.2 Å². The van der Waals surface area contributed by atoms with Crippen molar-refractivity contribution in [1.82, 2.24) is 5.32 Å². The van der Waals surface area contributed by atoms with Crippen LogP contribution in [0.3, 0.4) is 0 Å². The minimum atomic E-state index is -0.796. The summed E-state index contributed by atoms with van der Waals surface area (Å²) in [5.41, 5.74) is 5.54. The van der Waals surface area contributed by atoms with E-state index < -0.39 is 12.0 Å². The lowest BCUT2D eigenvalue weighted by molar-refractivity contribution is -0.142. The second-order valence-corrected chi connectivity index (χ2v) is 5.88. The fourth-order valence-electron chi connectivity index (χ4n) is 2.43. The maximum Gasteiger partial charge on any atom is 0.303 e. The smallest absolute Gasteiger partial charge is 0.303 e. The van der Waals surface area contributed by atoms with Crippen molar-refractivity contribution < 1.29 is 14.7 Å². The summed E-state index contributed by atoms with van der Waals surface area (Å²) in [7, 11) is 0. The summed E-state index contributed by atoms with van der Waals surface area (Å²) in [6.45, 7) is 4.47. The molecule has 1 aliphatic carbocycles. The number of hydrogen-bond donors (Lipinski definition) is 3. The highest BCUT2D eigenvalue weighted by atomic mass is 16.4. The number of carboxylic acid groups (broad SMARTS) is 1. The molecule has 5 nitrogen and oxygen atoms in total. The van der Waals surface area contributed by atoms with Crippen LogP contribution in [0, 0.1) is 11.3 Å². The van der Waals surface area contributed by atoms with Gasteiger partial charge in [-0.1, -0.05) is 20.3 Å². The molecule has 0 heterocycles. The molecule has 1 saturated carbocycles. The molecule has 0 aromatic carbocycles. The van der Waals surface area contributed by atoms with Gasteiger partial charge in [-0.2, -0.15) is 0 Å². The molecule has 0 aliphatic heterocycles. The summed E-state index contributed by atoms with van der Waals surface area (Å²) in [6, 6.07) is -0.494. The molecule has 0 spiro atoms. The molecule has 1 fully saturated rings. The van der Waals surface area contributed by atoms with Crippen LogP contribution in [0.15, 0.2) is 0 Å². The molecule has 0 aromatic heterocycles. The molecule has 0 radical (unpaired) electrons. The molecule has 1 unspecified atom stereocenters. The first-order valence-corrected chi connectivity index (χ1v) is 6.60. The van der Waals surface area contributed by atoms with E-state index in [0.717, 1.165) is 19.3 Å². The normalized spacial score (nSPS) is 19.1. The van der Waals surface area contributed by atoms with Crippen LogP contribution in [0.2, 0.25) is 0 Å². The monoisotopic (exact) mass is 256 g/mol. The fourth-order valence-corrected chi connectivity index (χ4v) is 2.43. The van der Waals surface area contributed by atoms with Crippen molar-refractivity contribution in [1.29, 1.82) is 0 Å². The SMILES string of the molecule is CC(C)CC(N)C(=O)NCC1(CC(=O)O)CCC1. The van der Waals surface area contributed by atoms with Crippen LogP contribution in [0.5, 0.6) is 0 Å². The molecule has 0 aromatic rings. The van der Waals surface area contributed by atoms with Crippen molar-refractivity contribution in [3.63, 3.8) is 0 Å². The molecule has 1 rings (SSSR count). The van der Waals surface area contributed by atoms with Crippen molar-refractivity contribution in [2.24, 2.45) is 17.1 Å². The Kier molecular flexibility index (Phi) is 5.14. The average molecular weight is 256 g/mol. The van der Waals surface area contributed by atoms with Crippen molar-refractivity contribution in [3.05, 3.63) is 0 Å². The van der Waals surface area contributed by atoms with Gasteiger partial charge in [0.05, 0.1) is 12.5 Å². The van der Waals surface area contributed by atoms with Crippen molar-refractivity contribution >= 4 is 11.9 Å². The zero-order valence-electron chi connectivity index (χ0n) is 11.2. The van der Waals surface area contributed by atoms with Crippen LogP contribution in [-0.2, 0) is 9.59 Å². The molecule has 18 heavy (non-hydrogen) atoms. The summed E-state index contributed by atoms with van der Waals surface area (Å²) >= 11 is 0. The number of hydrogen-bond acceptors (Lipinski definition) is 3. The lowest BCUT2D eigenvalue weighted by Gasteiger charge is -2.41. The standard InChI is InChI=1S/C13H24N2O3/c1-9(2)6-10(14)12(18)15-8-13(4-3-5-13)7-11(16)17/h9-10H,3-8,14H2,1-2H3,(H,15,18)(H,16,17). The van der Waals surface area contributed by atoms with Gasteiger partial charge in [0.25, 0.3) is 0 Å². The van der Waals surface area contributed by atoms with Gasteiger partial charge in [0, 0.05) is 6.54 Å². The van der Waals surface area contributed by atoms with Gasteiger partial charge in [0.15, 0.2) is 0 Å². The van der Waals surface area contributed by atoms with Crippen LogP contribution in [0.25, 0.3) is 0 Å². The number of amides is 1. The Morgan fingerprint density at radius 2 is 2.00 bits per heavy atom. The maximum atomic E-state index is 11.8. The third-order valence-electron chi connectivity index (χ3n) is 3.64. The third-order valence-corrected chi connectivity index (χ3v) is 3.64. The molecule has 1 amide bonds. The summed E-state index contributed by atoms with van der Waals surface area (Å²) in [4.78, 5) is 22.6. The quantitative estimate of drug-likeness (QED) is 0.636. The highest BCUT2D eigenvalue weighted by Crippen LogP contribution is 2.43. The lowest BCUT2D eigenvalue weighted by Crippen LogP contribution is -2.48. The Balaban J connectivity index is 2.38. The Morgan fingerprint density at radius 3 is 2.39 bits per heavy atom. The van der Waals surface area contributed by atoms with E-state index >= 15 is 0 Å². The Labute approximate surface area is 108 Å². The highest BCUT2D eigenvalue weighted by Gasteiger charge is 2.39. The minimum absolute atomic E-state index is 0.132. The average Bonchev–Trinajstić information content (AvgIpc) is 2.19. The van der Waals surface area contributed by atoms with E-state index in [1.165, 1.54) is 0 Å². The van der Waals surface area contributed by atoms with E-state index in [2.05, 4.69) is 5.32 Å². The van der Waals surface area contributed by atoms with E-state index in [-0.39, 0.29) is 17.7 Å². The van der Waals surface area contributed by atoms with Crippen molar-refractivity contribution in [2.75, 3.05) is 6.54 Å². The van der Waals surface area contributed by atoms with E-state index in [9.17, 15) is 9.59 Å².